The summed E-state index contributed by atoms with van der Waals surface area (Å²) < 4.78 is 0. The van der Waals surface area contributed by atoms with Gasteiger partial charge in [-0.3, -0.25) is 0 Å². The summed E-state index contributed by atoms with van der Waals surface area (Å²) in [7, 11) is 0. The second-order valence-corrected chi connectivity index (χ2v) is 5.18. The van der Waals surface area contributed by atoms with E-state index in [-0.39, 0.29) is 0 Å². The molecule has 0 aliphatic heterocycles. The summed E-state index contributed by atoms with van der Waals surface area (Å²) in [6.07, 6.45) is 2.11. The molecule has 84 valence electrons. The summed E-state index contributed by atoms with van der Waals surface area (Å²) in [4.78, 5) is 1.33. The van der Waals surface area contributed by atoms with Crippen molar-refractivity contribution in [3.63, 3.8) is 0 Å². The Kier molecular flexibility index (Phi) is 5.20. The van der Waals surface area contributed by atoms with E-state index in [0.29, 0.717) is 12.0 Å². The van der Waals surface area contributed by atoms with Crippen LogP contribution < -0.4 is 5.32 Å². The maximum absolute atomic E-state index is 3.53. The van der Waals surface area contributed by atoms with Crippen molar-refractivity contribution in [3.8, 4) is 0 Å². The van der Waals surface area contributed by atoms with Gasteiger partial charge in [0.25, 0.3) is 0 Å². The molecular formula is C13H21NS. The Hall–Kier alpha value is -0.470. The molecule has 0 aliphatic rings. The van der Waals surface area contributed by atoms with Crippen LogP contribution in [0, 0.1) is 5.92 Å². The zero-order chi connectivity index (χ0) is 11.3. The summed E-state index contributed by atoms with van der Waals surface area (Å²) in [6, 6.07) is 9.25. The topological polar surface area (TPSA) is 12.0 Å². The smallest absolute Gasteiger partial charge is 0.0291 e. The lowest BCUT2D eigenvalue weighted by atomic mass is 10.1. The molecule has 1 atom stereocenters. The Morgan fingerprint density at radius 2 is 1.73 bits per heavy atom. The van der Waals surface area contributed by atoms with Crippen molar-refractivity contribution in [1.82, 2.24) is 5.32 Å². The molecule has 2 heteroatoms. The quantitative estimate of drug-likeness (QED) is 0.764. The van der Waals surface area contributed by atoms with Gasteiger partial charge in [-0.25, -0.2) is 0 Å². The fourth-order valence-corrected chi connectivity index (χ4v) is 1.83. The SMILES string of the molecule is CSc1ccc([C@@H](C)NCC(C)C)cc1. The molecule has 0 heterocycles. The highest BCUT2D eigenvalue weighted by Crippen LogP contribution is 2.18. The van der Waals surface area contributed by atoms with Crippen LogP contribution in [0.3, 0.4) is 0 Å². The first-order chi connectivity index (χ1) is 7.13. The minimum atomic E-state index is 0.448. The van der Waals surface area contributed by atoms with Gasteiger partial charge >= 0.3 is 0 Å². The molecule has 0 aliphatic carbocycles. The molecule has 1 aromatic carbocycles. The molecule has 0 spiro atoms. The summed E-state index contributed by atoms with van der Waals surface area (Å²) in [5.74, 6) is 0.706. The van der Waals surface area contributed by atoms with E-state index in [0.717, 1.165) is 6.54 Å². The average Bonchev–Trinajstić information content (AvgIpc) is 2.26. The normalized spacial score (nSPS) is 13.1. The first kappa shape index (κ1) is 12.6. The van der Waals surface area contributed by atoms with Crippen LogP contribution in [0.25, 0.3) is 0 Å². The van der Waals surface area contributed by atoms with E-state index < -0.39 is 0 Å². The van der Waals surface area contributed by atoms with Gasteiger partial charge in [0, 0.05) is 10.9 Å². The molecule has 1 nitrogen and oxygen atoms in total. The predicted octanol–water partition coefficient (Wildman–Crippen LogP) is 3.72. The van der Waals surface area contributed by atoms with E-state index in [4.69, 9.17) is 0 Å². The highest BCUT2D eigenvalue weighted by atomic mass is 32.2. The summed E-state index contributed by atoms with van der Waals surface area (Å²) in [6.45, 7) is 7.76. The molecular weight excluding hydrogens is 202 g/mol. The largest absolute Gasteiger partial charge is 0.310 e. The Balaban J connectivity index is 2.54. The van der Waals surface area contributed by atoms with E-state index >= 15 is 0 Å². The van der Waals surface area contributed by atoms with Crippen molar-refractivity contribution in [1.29, 1.82) is 0 Å². The van der Waals surface area contributed by atoms with Crippen molar-refractivity contribution in [3.05, 3.63) is 29.8 Å². The van der Waals surface area contributed by atoms with Crippen LogP contribution in [-0.2, 0) is 0 Å². The van der Waals surface area contributed by atoms with Crippen LogP contribution in [0.15, 0.2) is 29.2 Å². The number of rotatable bonds is 5. The molecule has 0 bridgehead atoms. The van der Waals surface area contributed by atoms with Crippen LogP contribution in [0.5, 0.6) is 0 Å². The molecule has 0 saturated carbocycles. The van der Waals surface area contributed by atoms with E-state index in [9.17, 15) is 0 Å². The zero-order valence-corrected chi connectivity index (χ0v) is 10.9. The van der Waals surface area contributed by atoms with E-state index in [1.54, 1.807) is 11.8 Å². The van der Waals surface area contributed by atoms with Gasteiger partial charge < -0.3 is 5.32 Å². The second-order valence-electron chi connectivity index (χ2n) is 4.30. The average molecular weight is 223 g/mol. The highest BCUT2D eigenvalue weighted by Gasteiger charge is 2.04. The van der Waals surface area contributed by atoms with Crippen molar-refractivity contribution < 1.29 is 0 Å². The number of benzene rings is 1. The van der Waals surface area contributed by atoms with Crippen molar-refractivity contribution in [2.45, 2.75) is 31.7 Å². The third kappa shape index (κ3) is 4.27. The standard InChI is InChI=1S/C13H21NS/c1-10(2)9-14-11(3)12-5-7-13(15-4)8-6-12/h5-8,10-11,14H,9H2,1-4H3/t11-/m1/s1. The lowest BCUT2D eigenvalue weighted by Crippen LogP contribution is -2.23. The third-order valence-corrected chi connectivity index (χ3v) is 3.19. The van der Waals surface area contributed by atoms with Crippen LogP contribution in [-0.4, -0.2) is 12.8 Å². The Bertz CT molecular complexity index is 279. The van der Waals surface area contributed by atoms with Crippen LogP contribution in [0.1, 0.15) is 32.4 Å². The van der Waals surface area contributed by atoms with E-state index in [2.05, 4.69) is 56.6 Å². The van der Waals surface area contributed by atoms with Gasteiger partial charge in [-0.15, -0.1) is 11.8 Å². The Morgan fingerprint density at radius 1 is 1.13 bits per heavy atom. The first-order valence-electron chi connectivity index (χ1n) is 5.50. The predicted molar refractivity (Wildman–Crippen MR) is 69.5 cm³/mol. The molecule has 0 saturated heterocycles. The van der Waals surface area contributed by atoms with E-state index in [1.807, 2.05) is 0 Å². The molecule has 0 fully saturated rings. The molecule has 1 N–H and O–H groups in total. The zero-order valence-electron chi connectivity index (χ0n) is 10.1. The molecule has 0 radical (unpaired) electrons. The van der Waals surface area contributed by atoms with Gasteiger partial charge in [-0.1, -0.05) is 26.0 Å². The number of hydrogen-bond donors (Lipinski definition) is 1. The minimum Gasteiger partial charge on any atom is -0.310 e. The minimum absolute atomic E-state index is 0.448. The van der Waals surface area contributed by atoms with Crippen molar-refractivity contribution in [2.24, 2.45) is 5.92 Å². The van der Waals surface area contributed by atoms with Gasteiger partial charge in [-0.05, 0) is 43.3 Å². The third-order valence-electron chi connectivity index (χ3n) is 2.45. The monoisotopic (exact) mass is 223 g/mol. The lowest BCUT2D eigenvalue weighted by molar-refractivity contribution is 0.496. The van der Waals surface area contributed by atoms with Gasteiger partial charge in [-0.2, -0.15) is 0 Å². The molecule has 0 aromatic heterocycles. The van der Waals surface area contributed by atoms with Crippen LogP contribution >= 0.6 is 11.8 Å². The van der Waals surface area contributed by atoms with E-state index in [1.165, 1.54) is 10.5 Å². The fraction of sp³-hybridized carbons (Fsp3) is 0.538. The van der Waals surface area contributed by atoms with Gasteiger partial charge in [0.1, 0.15) is 0 Å². The number of nitrogens with one attached hydrogen (secondary N) is 1. The maximum atomic E-state index is 3.53. The number of thioether (sulfide) groups is 1. The molecule has 1 rings (SSSR count). The van der Waals surface area contributed by atoms with Gasteiger partial charge in [0.05, 0.1) is 0 Å². The van der Waals surface area contributed by atoms with Crippen molar-refractivity contribution in [2.75, 3.05) is 12.8 Å². The molecule has 15 heavy (non-hydrogen) atoms. The Labute approximate surface area is 97.7 Å². The summed E-state index contributed by atoms with van der Waals surface area (Å²) in [5.41, 5.74) is 1.37. The maximum Gasteiger partial charge on any atom is 0.0291 e. The molecule has 0 unspecified atom stereocenters. The lowest BCUT2D eigenvalue weighted by Gasteiger charge is -2.16. The second kappa shape index (κ2) is 6.19. The van der Waals surface area contributed by atoms with Crippen LogP contribution in [0.2, 0.25) is 0 Å². The van der Waals surface area contributed by atoms with Crippen molar-refractivity contribution >= 4 is 11.8 Å². The highest BCUT2D eigenvalue weighted by molar-refractivity contribution is 7.98. The first-order valence-corrected chi connectivity index (χ1v) is 6.73. The Morgan fingerprint density at radius 3 is 2.20 bits per heavy atom. The summed E-state index contributed by atoms with van der Waals surface area (Å²) in [5, 5.41) is 3.53. The van der Waals surface area contributed by atoms with Crippen LogP contribution in [0.4, 0.5) is 0 Å². The fourth-order valence-electron chi connectivity index (χ4n) is 1.42. The number of hydrogen-bond acceptors (Lipinski definition) is 2. The molecule has 1 aromatic rings. The molecule has 0 amide bonds. The van der Waals surface area contributed by atoms with Gasteiger partial charge in [0.15, 0.2) is 0 Å². The van der Waals surface area contributed by atoms with Gasteiger partial charge in [0.2, 0.25) is 0 Å². The summed E-state index contributed by atoms with van der Waals surface area (Å²) >= 11 is 1.79.